The molecular formula is C8H13N3O2. The van der Waals surface area contributed by atoms with Gasteiger partial charge in [-0.1, -0.05) is 0 Å². The van der Waals surface area contributed by atoms with Gasteiger partial charge in [0.25, 0.3) is 0 Å². The largest absolute Gasteiger partial charge is 0.423 e. The average molecular weight is 183 g/mol. The molecule has 1 aromatic heterocycles. The number of nitrogens with one attached hydrogen (secondary N) is 1. The van der Waals surface area contributed by atoms with Crippen molar-refractivity contribution in [2.75, 3.05) is 13.1 Å². The van der Waals surface area contributed by atoms with Crippen molar-refractivity contribution in [1.29, 1.82) is 0 Å². The Morgan fingerprint density at radius 2 is 2.23 bits per heavy atom. The van der Waals surface area contributed by atoms with Crippen molar-refractivity contribution >= 4 is 0 Å². The maximum Gasteiger partial charge on any atom is 0.246 e. The molecule has 0 saturated carbocycles. The highest BCUT2D eigenvalue weighted by Gasteiger charge is 2.24. The van der Waals surface area contributed by atoms with Crippen LogP contribution in [0.25, 0.3) is 0 Å². The molecule has 0 spiro atoms. The first-order chi connectivity index (χ1) is 6.25. The zero-order valence-electron chi connectivity index (χ0n) is 7.78. The lowest BCUT2D eigenvalue weighted by atomic mass is 10.2. The summed E-state index contributed by atoms with van der Waals surface area (Å²) in [5.41, 5.74) is 0. The molecule has 1 aliphatic heterocycles. The van der Waals surface area contributed by atoms with Crippen molar-refractivity contribution in [2.45, 2.75) is 26.1 Å². The molecule has 0 aromatic carbocycles. The van der Waals surface area contributed by atoms with Crippen LogP contribution in [-0.2, 0) is 4.74 Å². The summed E-state index contributed by atoms with van der Waals surface area (Å²) >= 11 is 0. The molecule has 1 aromatic rings. The molecule has 0 amide bonds. The predicted molar refractivity (Wildman–Crippen MR) is 45.2 cm³/mol. The van der Waals surface area contributed by atoms with Crippen LogP contribution in [0, 0.1) is 6.92 Å². The molecule has 0 bridgehead atoms. The second-order valence-electron chi connectivity index (χ2n) is 3.25. The summed E-state index contributed by atoms with van der Waals surface area (Å²) in [6.45, 7) is 5.41. The van der Waals surface area contributed by atoms with Crippen LogP contribution in [-0.4, -0.2) is 29.4 Å². The van der Waals surface area contributed by atoms with E-state index in [-0.39, 0.29) is 12.2 Å². The Hall–Kier alpha value is -0.940. The van der Waals surface area contributed by atoms with E-state index >= 15 is 0 Å². The summed E-state index contributed by atoms with van der Waals surface area (Å²) in [4.78, 5) is 0. The Labute approximate surface area is 76.5 Å². The van der Waals surface area contributed by atoms with Gasteiger partial charge in [0.05, 0.1) is 6.10 Å². The minimum absolute atomic E-state index is 0.0926. The van der Waals surface area contributed by atoms with Gasteiger partial charge in [0.2, 0.25) is 11.8 Å². The van der Waals surface area contributed by atoms with Crippen LogP contribution in [0.3, 0.4) is 0 Å². The Balaban J connectivity index is 2.08. The van der Waals surface area contributed by atoms with Crippen LogP contribution in [0.1, 0.15) is 24.8 Å². The zero-order chi connectivity index (χ0) is 9.26. The fourth-order valence-electron chi connectivity index (χ4n) is 1.38. The van der Waals surface area contributed by atoms with Crippen molar-refractivity contribution in [1.82, 2.24) is 15.5 Å². The van der Waals surface area contributed by atoms with Gasteiger partial charge in [0.15, 0.2) is 0 Å². The molecular weight excluding hydrogens is 170 g/mol. The first kappa shape index (κ1) is 8.65. The smallest absolute Gasteiger partial charge is 0.246 e. The number of aryl methyl sites for hydroxylation is 1. The predicted octanol–water partition coefficient (Wildman–Crippen LogP) is 0.427. The minimum atomic E-state index is -0.0926. The number of aromatic nitrogens is 2. The number of ether oxygens (including phenoxy) is 1. The van der Waals surface area contributed by atoms with E-state index in [2.05, 4.69) is 15.5 Å². The quantitative estimate of drug-likeness (QED) is 0.684. The highest BCUT2D eigenvalue weighted by molar-refractivity contribution is 4.89. The molecule has 0 aliphatic carbocycles. The number of hydrogen-bond donors (Lipinski definition) is 1. The normalized spacial score (nSPS) is 29.1. The summed E-state index contributed by atoms with van der Waals surface area (Å²) in [5, 5.41) is 10.9. The molecule has 1 N–H and O–H groups in total. The number of hydrogen-bond acceptors (Lipinski definition) is 5. The molecule has 0 radical (unpaired) electrons. The van der Waals surface area contributed by atoms with Crippen molar-refractivity contribution in [3.05, 3.63) is 11.8 Å². The van der Waals surface area contributed by atoms with Crippen LogP contribution in [0.5, 0.6) is 0 Å². The maximum absolute atomic E-state index is 5.63. The lowest BCUT2D eigenvalue weighted by molar-refractivity contribution is -0.0419. The maximum atomic E-state index is 5.63. The molecule has 1 aliphatic rings. The highest BCUT2D eigenvalue weighted by Crippen LogP contribution is 2.19. The third kappa shape index (κ3) is 1.87. The third-order valence-corrected chi connectivity index (χ3v) is 1.98. The molecule has 72 valence electrons. The number of morpholine rings is 1. The molecule has 2 heterocycles. The van der Waals surface area contributed by atoms with Gasteiger partial charge in [0, 0.05) is 20.0 Å². The summed E-state index contributed by atoms with van der Waals surface area (Å²) in [6.07, 6.45) is 0.107. The monoisotopic (exact) mass is 183 g/mol. The summed E-state index contributed by atoms with van der Waals surface area (Å²) in [5.74, 6) is 1.15. The first-order valence-electron chi connectivity index (χ1n) is 4.42. The van der Waals surface area contributed by atoms with E-state index in [0.717, 1.165) is 13.1 Å². The number of nitrogens with zero attached hydrogens (tertiary/aromatic N) is 2. The van der Waals surface area contributed by atoms with Gasteiger partial charge in [-0.05, 0) is 6.92 Å². The van der Waals surface area contributed by atoms with Gasteiger partial charge in [0.1, 0.15) is 6.10 Å². The second kappa shape index (κ2) is 3.43. The van der Waals surface area contributed by atoms with Crippen molar-refractivity contribution in [3.8, 4) is 0 Å². The summed E-state index contributed by atoms with van der Waals surface area (Å²) in [6, 6.07) is 0. The van der Waals surface area contributed by atoms with Crippen LogP contribution in [0.4, 0.5) is 0 Å². The van der Waals surface area contributed by atoms with Crippen molar-refractivity contribution < 1.29 is 9.15 Å². The fraction of sp³-hybridized carbons (Fsp3) is 0.750. The molecule has 0 unspecified atom stereocenters. The van der Waals surface area contributed by atoms with E-state index in [1.54, 1.807) is 6.92 Å². The third-order valence-electron chi connectivity index (χ3n) is 1.98. The van der Waals surface area contributed by atoms with Gasteiger partial charge < -0.3 is 14.5 Å². The summed E-state index contributed by atoms with van der Waals surface area (Å²) in [7, 11) is 0. The van der Waals surface area contributed by atoms with E-state index in [1.807, 2.05) is 6.92 Å². The van der Waals surface area contributed by atoms with E-state index in [1.165, 1.54) is 0 Å². The molecule has 5 heteroatoms. The van der Waals surface area contributed by atoms with E-state index in [9.17, 15) is 0 Å². The van der Waals surface area contributed by atoms with Crippen LogP contribution in [0.15, 0.2) is 4.42 Å². The van der Waals surface area contributed by atoms with Gasteiger partial charge in [-0.3, -0.25) is 0 Å². The summed E-state index contributed by atoms with van der Waals surface area (Å²) < 4.78 is 10.9. The van der Waals surface area contributed by atoms with Crippen LogP contribution in [0.2, 0.25) is 0 Å². The van der Waals surface area contributed by atoms with Crippen molar-refractivity contribution in [2.24, 2.45) is 0 Å². The minimum Gasteiger partial charge on any atom is -0.423 e. The molecule has 13 heavy (non-hydrogen) atoms. The Kier molecular flexibility index (Phi) is 2.28. The lowest BCUT2D eigenvalue weighted by Gasteiger charge is -2.26. The molecule has 5 nitrogen and oxygen atoms in total. The Morgan fingerprint density at radius 3 is 2.85 bits per heavy atom. The lowest BCUT2D eigenvalue weighted by Crippen LogP contribution is -2.39. The average Bonchev–Trinajstić information content (AvgIpc) is 2.52. The van der Waals surface area contributed by atoms with E-state index in [0.29, 0.717) is 11.8 Å². The topological polar surface area (TPSA) is 60.2 Å². The number of rotatable bonds is 1. The van der Waals surface area contributed by atoms with Gasteiger partial charge >= 0.3 is 0 Å². The fourth-order valence-corrected chi connectivity index (χ4v) is 1.38. The molecule has 2 rings (SSSR count). The van der Waals surface area contributed by atoms with Crippen LogP contribution < -0.4 is 5.32 Å². The van der Waals surface area contributed by atoms with Gasteiger partial charge in [-0.2, -0.15) is 0 Å². The highest BCUT2D eigenvalue weighted by atomic mass is 16.5. The Morgan fingerprint density at radius 1 is 1.38 bits per heavy atom. The van der Waals surface area contributed by atoms with Gasteiger partial charge in [-0.25, -0.2) is 0 Å². The van der Waals surface area contributed by atoms with Gasteiger partial charge in [-0.15, -0.1) is 10.2 Å². The first-order valence-corrected chi connectivity index (χ1v) is 4.42. The second-order valence-corrected chi connectivity index (χ2v) is 3.25. The van der Waals surface area contributed by atoms with E-state index < -0.39 is 0 Å². The molecule has 1 saturated heterocycles. The van der Waals surface area contributed by atoms with Crippen LogP contribution >= 0.6 is 0 Å². The SMILES string of the molecule is Cc1nnc([C@H]2CNC[C@@H](C)O2)o1. The Bertz CT molecular complexity index is 287. The standard InChI is InChI=1S/C8H13N3O2/c1-5-3-9-4-7(12-5)8-11-10-6(2)13-8/h5,7,9H,3-4H2,1-2H3/t5-,7-/m1/s1. The molecule has 1 fully saturated rings. The zero-order valence-corrected chi connectivity index (χ0v) is 7.78. The van der Waals surface area contributed by atoms with E-state index in [4.69, 9.17) is 9.15 Å². The van der Waals surface area contributed by atoms with Crippen molar-refractivity contribution in [3.63, 3.8) is 0 Å². The molecule has 2 atom stereocenters.